The van der Waals surface area contributed by atoms with Crippen LogP contribution in [-0.4, -0.2) is 18.1 Å². The van der Waals surface area contributed by atoms with Gasteiger partial charge in [0.2, 0.25) is 0 Å². The summed E-state index contributed by atoms with van der Waals surface area (Å²) in [6, 6.07) is 5.19. The van der Waals surface area contributed by atoms with Crippen molar-refractivity contribution in [2.45, 2.75) is 6.92 Å². The minimum atomic E-state index is -0.410. The van der Waals surface area contributed by atoms with Crippen LogP contribution in [0.25, 0.3) is 11.1 Å². The third-order valence-corrected chi connectivity index (χ3v) is 1.93. The maximum Gasteiger partial charge on any atom is 0.341 e. The highest BCUT2D eigenvalue weighted by Crippen LogP contribution is 2.20. The van der Waals surface area contributed by atoms with E-state index in [2.05, 4.69) is 9.72 Å². The number of aryl methyl sites for hydroxylation is 1. The summed E-state index contributed by atoms with van der Waals surface area (Å²) in [4.78, 5) is 15.4. The SMILES string of the molecule is COC(=O)c1cccc2nc(C)oc12. The lowest BCUT2D eigenvalue weighted by Gasteiger charge is -1.97. The number of para-hydroxylation sites is 1. The molecule has 72 valence electrons. The van der Waals surface area contributed by atoms with Crippen LogP contribution >= 0.6 is 0 Å². The fourth-order valence-corrected chi connectivity index (χ4v) is 1.33. The van der Waals surface area contributed by atoms with Gasteiger partial charge < -0.3 is 9.15 Å². The summed E-state index contributed by atoms with van der Waals surface area (Å²) in [5, 5.41) is 0. The van der Waals surface area contributed by atoms with Gasteiger partial charge in [-0.05, 0) is 12.1 Å². The molecule has 0 saturated heterocycles. The van der Waals surface area contributed by atoms with Crippen LogP contribution in [0.15, 0.2) is 22.6 Å². The summed E-state index contributed by atoms with van der Waals surface area (Å²) < 4.78 is 9.94. The number of carbonyl (C=O) groups is 1. The lowest BCUT2D eigenvalue weighted by atomic mass is 10.2. The molecule has 0 saturated carbocycles. The zero-order valence-electron chi connectivity index (χ0n) is 7.90. The average Bonchev–Trinajstić information content (AvgIpc) is 2.56. The maximum atomic E-state index is 11.3. The molecular weight excluding hydrogens is 182 g/mol. The van der Waals surface area contributed by atoms with Gasteiger partial charge in [-0.3, -0.25) is 0 Å². The molecule has 4 heteroatoms. The fraction of sp³-hybridized carbons (Fsp3) is 0.200. The normalized spacial score (nSPS) is 10.4. The van der Waals surface area contributed by atoms with Gasteiger partial charge in [0.25, 0.3) is 0 Å². The van der Waals surface area contributed by atoms with Gasteiger partial charge >= 0.3 is 5.97 Å². The monoisotopic (exact) mass is 191 g/mol. The summed E-state index contributed by atoms with van der Waals surface area (Å²) in [7, 11) is 1.34. The van der Waals surface area contributed by atoms with Crippen LogP contribution in [-0.2, 0) is 4.74 Å². The van der Waals surface area contributed by atoms with Crippen molar-refractivity contribution in [3.8, 4) is 0 Å². The van der Waals surface area contributed by atoms with Crippen LogP contribution in [0.2, 0.25) is 0 Å². The van der Waals surface area contributed by atoms with Gasteiger partial charge in [0, 0.05) is 6.92 Å². The first kappa shape index (κ1) is 8.74. The van der Waals surface area contributed by atoms with E-state index in [4.69, 9.17) is 4.42 Å². The van der Waals surface area contributed by atoms with Crippen molar-refractivity contribution >= 4 is 17.1 Å². The number of hydrogen-bond donors (Lipinski definition) is 0. The third kappa shape index (κ3) is 1.25. The van der Waals surface area contributed by atoms with Gasteiger partial charge in [-0.25, -0.2) is 9.78 Å². The molecule has 0 amide bonds. The molecule has 4 nitrogen and oxygen atoms in total. The Kier molecular flexibility index (Phi) is 1.96. The van der Waals surface area contributed by atoms with E-state index in [1.807, 2.05) is 0 Å². The molecule has 2 rings (SSSR count). The predicted octanol–water partition coefficient (Wildman–Crippen LogP) is 1.92. The smallest absolute Gasteiger partial charge is 0.341 e. The van der Waals surface area contributed by atoms with E-state index in [9.17, 15) is 4.79 Å². The van der Waals surface area contributed by atoms with E-state index >= 15 is 0 Å². The number of nitrogens with zero attached hydrogens (tertiary/aromatic N) is 1. The minimum absolute atomic E-state index is 0.408. The average molecular weight is 191 g/mol. The molecule has 0 unspecified atom stereocenters. The van der Waals surface area contributed by atoms with Gasteiger partial charge in [-0.1, -0.05) is 6.07 Å². The molecule has 0 aliphatic rings. The summed E-state index contributed by atoms with van der Waals surface area (Å²) in [5.41, 5.74) is 1.56. The molecular formula is C10H9NO3. The minimum Gasteiger partial charge on any atom is -0.465 e. The Morgan fingerprint density at radius 1 is 1.50 bits per heavy atom. The fourth-order valence-electron chi connectivity index (χ4n) is 1.33. The van der Waals surface area contributed by atoms with Crippen LogP contribution in [0.4, 0.5) is 0 Å². The molecule has 0 spiro atoms. The van der Waals surface area contributed by atoms with Crippen molar-refractivity contribution < 1.29 is 13.9 Å². The molecule has 1 aromatic carbocycles. The Morgan fingerprint density at radius 2 is 2.29 bits per heavy atom. The van der Waals surface area contributed by atoms with Crippen LogP contribution in [0.1, 0.15) is 16.2 Å². The van der Waals surface area contributed by atoms with E-state index < -0.39 is 5.97 Å². The predicted molar refractivity (Wildman–Crippen MR) is 50.1 cm³/mol. The van der Waals surface area contributed by atoms with Crippen LogP contribution in [0.3, 0.4) is 0 Å². The number of fused-ring (bicyclic) bond motifs is 1. The molecule has 0 N–H and O–H groups in total. The molecule has 1 heterocycles. The topological polar surface area (TPSA) is 52.3 Å². The zero-order valence-corrected chi connectivity index (χ0v) is 7.90. The number of oxazole rings is 1. The number of carbonyl (C=O) groups excluding carboxylic acids is 1. The van der Waals surface area contributed by atoms with Crippen LogP contribution in [0.5, 0.6) is 0 Å². The van der Waals surface area contributed by atoms with E-state index in [0.29, 0.717) is 22.6 Å². The number of esters is 1. The molecule has 0 aliphatic carbocycles. The Hall–Kier alpha value is -1.84. The molecule has 0 bridgehead atoms. The number of aromatic nitrogens is 1. The van der Waals surface area contributed by atoms with E-state index in [-0.39, 0.29) is 0 Å². The molecule has 0 fully saturated rings. The number of methoxy groups -OCH3 is 1. The summed E-state index contributed by atoms with van der Waals surface area (Å²) in [6.45, 7) is 1.74. The quantitative estimate of drug-likeness (QED) is 0.646. The lowest BCUT2D eigenvalue weighted by molar-refractivity contribution is 0.0601. The highest BCUT2D eigenvalue weighted by atomic mass is 16.5. The first-order valence-electron chi connectivity index (χ1n) is 4.17. The molecule has 0 atom stereocenters. The number of hydrogen-bond acceptors (Lipinski definition) is 4. The second-order valence-electron chi connectivity index (χ2n) is 2.88. The summed E-state index contributed by atoms with van der Waals surface area (Å²) >= 11 is 0. The number of rotatable bonds is 1. The van der Waals surface area contributed by atoms with Crippen molar-refractivity contribution in [2.75, 3.05) is 7.11 Å². The Labute approximate surface area is 80.5 Å². The first-order chi connectivity index (χ1) is 6.72. The maximum absolute atomic E-state index is 11.3. The van der Waals surface area contributed by atoms with E-state index in [1.165, 1.54) is 7.11 Å². The number of ether oxygens (including phenoxy) is 1. The Morgan fingerprint density at radius 3 is 3.00 bits per heavy atom. The highest BCUT2D eigenvalue weighted by molar-refractivity contribution is 6.00. The Balaban J connectivity index is 2.70. The van der Waals surface area contributed by atoms with Gasteiger partial charge in [0.1, 0.15) is 11.1 Å². The van der Waals surface area contributed by atoms with E-state index in [1.54, 1.807) is 25.1 Å². The van der Waals surface area contributed by atoms with Gasteiger partial charge in [0.05, 0.1) is 7.11 Å². The van der Waals surface area contributed by atoms with Crippen molar-refractivity contribution in [1.29, 1.82) is 0 Å². The van der Waals surface area contributed by atoms with Gasteiger partial charge in [-0.2, -0.15) is 0 Å². The molecule has 0 radical (unpaired) electrons. The summed E-state index contributed by atoms with van der Waals surface area (Å²) in [6.07, 6.45) is 0. The highest BCUT2D eigenvalue weighted by Gasteiger charge is 2.13. The second kappa shape index (κ2) is 3.14. The summed E-state index contributed by atoms with van der Waals surface area (Å²) in [5.74, 6) is 0.128. The molecule has 14 heavy (non-hydrogen) atoms. The standard InChI is InChI=1S/C10H9NO3/c1-6-11-8-5-3-4-7(9(8)14-6)10(12)13-2/h3-5H,1-2H3. The van der Waals surface area contributed by atoms with E-state index in [0.717, 1.165) is 0 Å². The largest absolute Gasteiger partial charge is 0.465 e. The van der Waals surface area contributed by atoms with Gasteiger partial charge in [0.15, 0.2) is 11.5 Å². The second-order valence-corrected chi connectivity index (χ2v) is 2.88. The number of benzene rings is 1. The van der Waals surface area contributed by atoms with Crippen LogP contribution in [0, 0.1) is 6.92 Å². The molecule has 1 aromatic heterocycles. The zero-order chi connectivity index (χ0) is 10.1. The van der Waals surface area contributed by atoms with Crippen molar-refractivity contribution in [3.63, 3.8) is 0 Å². The first-order valence-corrected chi connectivity index (χ1v) is 4.17. The van der Waals surface area contributed by atoms with Crippen LogP contribution < -0.4 is 0 Å². The van der Waals surface area contributed by atoms with Crippen molar-refractivity contribution in [1.82, 2.24) is 4.98 Å². The lowest BCUT2D eigenvalue weighted by Crippen LogP contribution is -2.00. The van der Waals surface area contributed by atoms with Crippen molar-refractivity contribution in [2.24, 2.45) is 0 Å². The van der Waals surface area contributed by atoms with Gasteiger partial charge in [-0.15, -0.1) is 0 Å². The van der Waals surface area contributed by atoms with Crippen molar-refractivity contribution in [3.05, 3.63) is 29.7 Å². The molecule has 0 aliphatic heterocycles. The Bertz CT molecular complexity index is 487. The third-order valence-electron chi connectivity index (χ3n) is 1.93. The molecule has 2 aromatic rings.